The smallest absolute Gasteiger partial charge is 0.123 e. The van der Waals surface area contributed by atoms with Crippen molar-refractivity contribution in [2.75, 3.05) is 0 Å². The van der Waals surface area contributed by atoms with E-state index in [1.54, 1.807) is 0 Å². The van der Waals surface area contributed by atoms with E-state index >= 15 is 0 Å². The highest BCUT2D eigenvalue weighted by molar-refractivity contribution is 5.85. The summed E-state index contributed by atoms with van der Waals surface area (Å²) in [6.45, 7) is 0. The summed E-state index contributed by atoms with van der Waals surface area (Å²) >= 11 is 0. The van der Waals surface area contributed by atoms with Crippen molar-refractivity contribution in [1.82, 2.24) is 0 Å². The van der Waals surface area contributed by atoms with E-state index < -0.39 is 11.6 Å². The van der Waals surface area contributed by atoms with Gasteiger partial charge in [0.2, 0.25) is 0 Å². The number of hydrogen-bond donors (Lipinski definition) is 2. The minimum atomic E-state index is -0.411. The molecule has 1 aromatic carbocycles. The zero-order valence-corrected chi connectivity index (χ0v) is 6.44. The van der Waals surface area contributed by atoms with E-state index in [1.807, 2.05) is 0 Å². The molecular weight excluding hydrogens is 174 g/mol. The zero-order chi connectivity index (χ0) is 7.98. The maximum atomic E-state index is 11.9. The fraction of sp³-hybridized carbons (Fsp3) is 0. The van der Waals surface area contributed by atoms with E-state index in [4.69, 9.17) is 0 Å². The maximum absolute atomic E-state index is 11.9. The Morgan fingerprint density at radius 1 is 0.818 bits per heavy atom. The van der Waals surface area contributed by atoms with Gasteiger partial charge in [0, 0.05) is 0 Å². The average molecular weight is 183 g/mol. The van der Waals surface area contributed by atoms with Gasteiger partial charge in [-0.2, -0.15) is 0 Å². The van der Waals surface area contributed by atoms with Crippen molar-refractivity contribution in [3.63, 3.8) is 0 Å². The monoisotopic (exact) mass is 182 g/mol. The van der Waals surface area contributed by atoms with Crippen LogP contribution in [0.3, 0.4) is 0 Å². The Labute approximate surface area is 69.6 Å². The number of nitrogens with two attached hydrogens (primary N) is 2. The fourth-order valence-corrected chi connectivity index (χ4v) is 0.430. The average Bonchev–Trinajstić information content (AvgIpc) is 2.00. The Morgan fingerprint density at radius 3 is 1.18 bits per heavy atom. The largest absolute Gasteiger partial charge is 0.274 e. The summed E-state index contributed by atoms with van der Waals surface area (Å²) in [5, 5.41) is 0. The van der Waals surface area contributed by atoms with Crippen LogP contribution in [-0.2, 0) is 0 Å². The number of halogens is 3. The van der Waals surface area contributed by atoms with Crippen molar-refractivity contribution >= 4 is 12.4 Å². The van der Waals surface area contributed by atoms with Gasteiger partial charge < -0.3 is 0 Å². The van der Waals surface area contributed by atoms with Gasteiger partial charge in [-0.15, -0.1) is 12.4 Å². The van der Waals surface area contributed by atoms with Crippen LogP contribution in [0.25, 0.3) is 0 Å². The molecule has 0 aliphatic carbocycles. The molecule has 0 saturated carbocycles. The third kappa shape index (κ3) is 5.72. The molecular formula is C6H9ClF2N2. The summed E-state index contributed by atoms with van der Waals surface area (Å²) < 4.78 is 23.8. The van der Waals surface area contributed by atoms with E-state index in [9.17, 15) is 8.78 Å². The van der Waals surface area contributed by atoms with Crippen molar-refractivity contribution < 1.29 is 8.78 Å². The summed E-state index contributed by atoms with van der Waals surface area (Å²) in [6.07, 6.45) is 0. The normalized spacial score (nSPS) is 7.27. The molecule has 64 valence electrons. The quantitative estimate of drug-likeness (QED) is 0.468. The number of hydrazine groups is 1. The lowest BCUT2D eigenvalue weighted by Gasteiger charge is -1.83. The summed E-state index contributed by atoms with van der Waals surface area (Å²) in [7, 11) is 0. The molecule has 1 rings (SSSR count). The van der Waals surface area contributed by atoms with Gasteiger partial charge in [-0.1, -0.05) is 0 Å². The van der Waals surface area contributed by atoms with Gasteiger partial charge in [0.15, 0.2) is 0 Å². The van der Waals surface area contributed by atoms with Crippen molar-refractivity contribution in [3.05, 3.63) is 35.9 Å². The molecule has 0 heterocycles. The third-order valence-corrected chi connectivity index (χ3v) is 0.804. The molecule has 0 amide bonds. The first kappa shape index (κ1) is 12.9. The fourth-order valence-electron chi connectivity index (χ4n) is 0.430. The van der Waals surface area contributed by atoms with Crippen LogP contribution in [0, 0.1) is 11.6 Å². The first-order chi connectivity index (χ1) is 4.79. The first-order valence-corrected chi connectivity index (χ1v) is 2.53. The lowest BCUT2D eigenvalue weighted by Crippen LogP contribution is -2.02. The highest BCUT2D eigenvalue weighted by atomic mass is 35.5. The topological polar surface area (TPSA) is 52.0 Å². The van der Waals surface area contributed by atoms with E-state index in [0.717, 1.165) is 24.3 Å². The lowest BCUT2D eigenvalue weighted by atomic mass is 10.3. The highest BCUT2D eigenvalue weighted by Crippen LogP contribution is 1.98. The van der Waals surface area contributed by atoms with Crippen LogP contribution in [-0.4, -0.2) is 0 Å². The Hall–Kier alpha value is -0.710. The van der Waals surface area contributed by atoms with Gasteiger partial charge in [0.1, 0.15) is 11.6 Å². The van der Waals surface area contributed by atoms with Crippen LogP contribution in [0.4, 0.5) is 8.78 Å². The SMILES string of the molecule is Cl.Fc1ccc(F)cc1.NN. The van der Waals surface area contributed by atoms with E-state index in [1.165, 1.54) is 0 Å². The molecule has 0 aliphatic heterocycles. The van der Waals surface area contributed by atoms with Gasteiger partial charge in [-0.25, -0.2) is 8.78 Å². The minimum Gasteiger partial charge on any atom is -0.274 e. The summed E-state index contributed by atoms with van der Waals surface area (Å²) in [4.78, 5) is 0. The Balaban J connectivity index is 0. The summed E-state index contributed by atoms with van der Waals surface area (Å²) in [6, 6.07) is 4.31. The minimum absolute atomic E-state index is 0. The third-order valence-electron chi connectivity index (χ3n) is 0.804. The first-order valence-electron chi connectivity index (χ1n) is 2.53. The van der Waals surface area contributed by atoms with Crippen LogP contribution >= 0.6 is 12.4 Å². The van der Waals surface area contributed by atoms with Gasteiger partial charge in [-0.3, -0.25) is 11.7 Å². The van der Waals surface area contributed by atoms with E-state index in [-0.39, 0.29) is 12.4 Å². The van der Waals surface area contributed by atoms with Gasteiger partial charge in [0.05, 0.1) is 0 Å². The molecule has 0 aliphatic rings. The molecule has 0 fully saturated rings. The Bertz CT molecular complexity index is 157. The zero-order valence-electron chi connectivity index (χ0n) is 5.63. The molecule has 0 radical (unpaired) electrons. The maximum Gasteiger partial charge on any atom is 0.123 e. The van der Waals surface area contributed by atoms with Crippen molar-refractivity contribution in [3.8, 4) is 0 Å². The molecule has 0 spiro atoms. The predicted molar refractivity (Wildman–Crippen MR) is 42.0 cm³/mol. The van der Waals surface area contributed by atoms with Crippen molar-refractivity contribution in [1.29, 1.82) is 0 Å². The molecule has 0 unspecified atom stereocenters. The van der Waals surface area contributed by atoms with Crippen molar-refractivity contribution in [2.24, 2.45) is 11.7 Å². The highest BCUT2D eigenvalue weighted by Gasteiger charge is 1.86. The molecule has 1 aromatic rings. The summed E-state index contributed by atoms with van der Waals surface area (Å²) in [5.41, 5.74) is 0. The molecule has 4 N–H and O–H groups in total. The molecule has 2 nitrogen and oxygen atoms in total. The van der Waals surface area contributed by atoms with E-state index in [2.05, 4.69) is 11.7 Å². The van der Waals surface area contributed by atoms with Crippen LogP contribution in [0.5, 0.6) is 0 Å². The second kappa shape index (κ2) is 7.40. The lowest BCUT2D eigenvalue weighted by molar-refractivity contribution is 0.600. The second-order valence-corrected chi connectivity index (χ2v) is 1.44. The summed E-state index contributed by atoms with van der Waals surface area (Å²) in [5.74, 6) is 7.18. The van der Waals surface area contributed by atoms with Gasteiger partial charge in [0.25, 0.3) is 0 Å². The Morgan fingerprint density at radius 2 is 1.00 bits per heavy atom. The van der Waals surface area contributed by atoms with Gasteiger partial charge in [-0.05, 0) is 24.3 Å². The van der Waals surface area contributed by atoms with Crippen molar-refractivity contribution in [2.45, 2.75) is 0 Å². The van der Waals surface area contributed by atoms with Crippen LogP contribution < -0.4 is 11.7 Å². The molecule has 0 aromatic heterocycles. The Kier molecular flexibility index (Phi) is 8.69. The van der Waals surface area contributed by atoms with Crippen LogP contribution in [0.1, 0.15) is 0 Å². The van der Waals surface area contributed by atoms with Gasteiger partial charge >= 0.3 is 0 Å². The number of hydrogen-bond acceptors (Lipinski definition) is 2. The predicted octanol–water partition coefficient (Wildman–Crippen LogP) is 1.21. The molecule has 0 bridgehead atoms. The standard InChI is InChI=1S/C6H4F2.ClH.H4N2/c7-5-1-2-6(8)4-3-5;;1-2/h1-4H;1H;1-2H2. The second-order valence-electron chi connectivity index (χ2n) is 1.44. The van der Waals surface area contributed by atoms with Crippen LogP contribution in [0.15, 0.2) is 24.3 Å². The number of benzene rings is 1. The molecule has 11 heavy (non-hydrogen) atoms. The van der Waals surface area contributed by atoms with E-state index in [0.29, 0.717) is 0 Å². The number of rotatable bonds is 0. The van der Waals surface area contributed by atoms with Crippen LogP contribution in [0.2, 0.25) is 0 Å². The molecule has 5 heteroatoms. The molecule has 0 atom stereocenters. The molecule has 0 saturated heterocycles.